The normalized spacial score (nSPS) is 10.2. The summed E-state index contributed by atoms with van der Waals surface area (Å²) in [6.45, 7) is 7.10. The number of hydrogen-bond donors (Lipinski definition) is 1. The fourth-order valence-electron chi connectivity index (χ4n) is 0.475. The van der Waals surface area contributed by atoms with E-state index >= 15 is 0 Å². The second-order valence-corrected chi connectivity index (χ2v) is 3.37. The molecule has 3 heteroatoms. The summed E-state index contributed by atoms with van der Waals surface area (Å²) in [6, 6.07) is 0. The molecule has 0 aliphatic carbocycles. The maximum Gasteiger partial charge on any atom is 0.231 e. The molecule has 12 heavy (non-hydrogen) atoms. The minimum absolute atomic E-state index is 0.208. The Labute approximate surface area is 78.0 Å². The zero-order chi connectivity index (χ0) is 9.78. The van der Waals surface area contributed by atoms with Crippen molar-refractivity contribution in [3.63, 3.8) is 0 Å². The van der Waals surface area contributed by atoms with Crippen molar-refractivity contribution in [1.82, 2.24) is 5.32 Å². The van der Waals surface area contributed by atoms with Crippen LogP contribution in [0.15, 0.2) is 11.6 Å². The van der Waals surface area contributed by atoms with Crippen LogP contribution in [-0.4, -0.2) is 12.5 Å². The molecule has 0 bridgehead atoms. The molecular formula is C9H12ClNO. The zero-order valence-electron chi connectivity index (χ0n) is 7.28. The highest BCUT2D eigenvalue weighted by molar-refractivity contribution is 6.31. The summed E-state index contributed by atoms with van der Waals surface area (Å²) in [5, 5.41) is 2.84. The lowest BCUT2D eigenvalue weighted by Gasteiger charge is -2.21. The highest BCUT2D eigenvalue weighted by Gasteiger charge is 2.29. The van der Waals surface area contributed by atoms with Crippen molar-refractivity contribution in [2.24, 2.45) is 5.41 Å². The van der Waals surface area contributed by atoms with Gasteiger partial charge in [-0.25, -0.2) is 0 Å². The highest BCUT2D eigenvalue weighted by Crippen LogP contribution is 2.27. The molecule has 0 radical (unpaired) electrons. The van der Waals surface area contributed by atoms with Crippen LogP contribution >= 0.6 is 11.6 Å². The fraction of sp³-hybridized carbons (Fsp3) is 0.444. The van der Waals surface area contributed by atoms with E-state index in [9.17, 15) is 4.79 Å². The van der Waals surface area contributed by atoms with E-state index in [1.54, 1.807) is 13.8 Å². The Morgan fingerprint density at radius 1 is 1.75 bits per heavy atom. The Hall–Kier alpha value is -0.940. The topological polar surface area (TPSA) is 29.1 Å². The Bertz CT molecular complexity index is 237. The van der Waals surface area contributed by atoms with Gasteiger partial charge in [0.2, 0.25) is 5.91 Å². The molecule has 1 amide bonds. The number of terminal acetylenes is 1. The first kappa shape index (κ1) is 11.1. The Balaban J connectivity index is 4.28. The van der Waals surface area contributed by atoms with Crippen molar-refractivity contribution < 1.29 is 4.79 Å². The molecule has 0 spiro atoms. The second kappa shape index (κ2) is 4.18. The Kier molecular flexibility index (Phi) is 3.85. The van der Waals surface area contributed by atoms with Crippen molar-refractivity contribution in [2.45, 2.75) is 13.8 Å². The first-order valence-electron chi connectivity index (χ1n) is 3.49. The van der Waals surface area contributed by atoms with Crippen LogP contribution in [-0.2, 0) is 4.79 Å². The molecule has 0 aromatic carbocycles. The molecular weight excluding hydrogens is 174 g/mol. The minimum atomic E-state index is -0.765. The third-order valence-electron chi connectivity index (χ3n) is 1.60. The van der Waals surface area contributed by atoms with Gasteiger partial charge in [0.1, 0.15) is 0 Å². The van der Waals surface area contributed by atoms with Gasteiger partial charge < -0.3 is 5.32 Å². The quantitative estimate of drug-likeness (QED) is 0.664. The molecule has 0 fully saturated rings. The standard InChI is InChI=1S/C9H12ClNO/c1-5-6-11-8(12)9(3,4)7(2)10/h1H,2,6H2,3-4H3,(H,11,12). The van der Waals surface area contributed by atoms with Gasteiger partial charge >= 0.3 is 0 Å². The molecule has 0 aliphatic rings. The van der Waals surface area contributed by atoms with E-state index in [1.165, 1.54) is 0 Å². The predicted molar refractivity (Wildman–Crippen MR) is 50.6 cm³/mol. The summed E-state index contributed by atoms with van der Waals surface area (Å²) in [4.78, 5) is 11.3. The highest BCUT2D eigenvalue weighted by atomic mass is 35.5. The molecule has 0 aliphatic heterocycles. The van der Waals surface area contributed by atoms with Crippen molar-refractivity contribution in [3.05, 3.63) is 11.6 Å². The van der Waals surface area contributed by atoms with Crippen LogP contribution < -0.4 is 5.32 Å². The van der Waals surface area contributed by atoms with Crippen LogP contribution in [0.4, 0.5) is 0 Å². The molecule has 0 unspecified atom stereocenters. The molecule has 0 aromatic heterocycles. The molecule has 1 N–H and O–H groups in total. The van der Waals surface area contributed by atoms with Crippen LogP contribution in [0.25, 0.3) is 0 Å². The second-order valence-electron chi connectivity index (χ2n) is 2.92. The minimum Gasteiger partial charge on any atom is -0.344 e. The summed E-state index contributed by atoms with van der Waals surface area (Å²) in [5.74, 6) is 2.10. The zero-order valence-corrected chi connectivity index (χ0v) is 8.03. The lowest BCUT2D eigenvalue weighted by atomic mass is 9.92. The number of amides is 1. The van der Waals surface area contributed by atoms with E-state index in [2.05, 4.69) is 17.8 Å². The van der Waals surface area contributed by atoms with E-state index in [-0.39, 0.29) is 12.5 Å². The average molecular weight is 186 g/mol. The first-order chi connectivity index (χ1) is 5.42. The number of nitrogens with one attached hydrogen (secondary N) is 1. The summed E-state index contributed by atoms with van der Waals surface area (Å²) in [7, 11) is 0. The molecule has 0 aromatic rings. The average Bonchev–Trinajstić information content (AvgIpc) is 1.99. The van der Waals surface area contributed by atoms with Gasteiger partial charge in [0.15, 0.2) is 0 Å². The number of hydrogen-bond acceptors (Lipinski definition) is 1. The first-order valence-corrected chi connectivity index (χ1v) is 3.87. The predicted octanol–water partition coefficient (Wildman–Crippen LogP) is 1.51. The molecule has 2 nitrogen and oxygen atoms in total. The van der Waals surface area contributed by atoms with Crippen molar-refractivity contribution >= 4 is 17.5 Å². The van der Waals surface area contributed by atoms with Gasteiger partial charge in [0.25, 0.3) is 0 Å². The number of rotatable bonds is 3. The third-order valence-corrected chi connectivity index (χ3v) is 2.07. The molecule has 0 rings (SSSR count). The van der Waals surface area contributed by atoms with Gasteiger partial charge in [0.05, 0.1) is 12.0 Å². The molecule has 0 saturated carbocycles. The van der Waals surface area contributed by atoms with Crippen LogP contribution in [0.2, 0.25) is 0 Å². The fourth-order valence-corrected chi connectivity index (χ4v) is 0.561. The molecule has 0 atom stereocenters. The summed E-state index contributed by atoms with van der Waals surface area (Å²) >= 11 is 5.64. The van der Waals surface area contributed by atoms with Gasteiger partial charge in [-0.15, -0.1) is 6.42 Å². The van der Waals surface area contributed by atoms with Gasteiger partial charge in [-0.05, 0) is 13.8 Å². The van der Waals surface area contributed by atoms with Crippen molar-refractivity contribution in [2.75, 3.05) is 6.54 Å². The van der Waals surface area contributed by atoms with Gasteiger partial charge in [0, 0.05) is 5.03 Å². The lowest BCUT2D eigenvalue weighted by molar-refractivity contribution is -0.127. The van der Waals surface area contributed by atoms with Gasteiger partial charge in [-0.3, -0.25) is 4.79 Å². The van der Waals surface area contributed by atoms with Gasteiger partial charge in [-0.1, -0.05) is 24.1 Å². The maximum absolute atomic E-state index is 11.3. The van der Waals surface area contributed by atoms with E-state index < -0.39 is 5.41 Å². The Morgan fingerprint density at radius 3 is 2.58 bits per heavy atom. The van der Waals surface area contributed by atoms with Crippen LogP contribution in [0.1, 0.15) is 13.8 Å². The Morgan fingerprint density at radius 2 is 2.25 bits per heavy atom. The number of carbonyl (C=O) groups excluding carboxylic acids is 1. The molecule has 0 saturated heterocycles. The smallest absolute Gasteiger partial charge is 0.231 e. The number of halogens is 1. The van der Waals surface area contributed by atoms with Crippen LogP contribution in [0, 0.1) is 17.8 Å². The summed E-state index contributed by atoms with van der Waals surface area (Å²) < 4.78 is 0. The SMILES string of the molecule is C#CCNC(=O)C(C)(C)C(=C)Cl. The van der Waals surface area contributed by atoms with Crippen LogP contribution in [0.3, 0.4) is 0 Å². The van der Waals surface area contributed by atoms with Gasteiger partial charge in [-0.2, -0.15) is 0 Å². The summed E-state index contributed by atoms with van der Waals surface area (Å²) in [6.07, 6.45) is 4.98. The summed E-state index contributed by atoms with van der Waals surface area (Å²) in [5.41, 5.74) is -0.765. The van der Waals surface area contributed by atoms with Crippen molar-refractivity contribution in [1.29, 1.82) is 0 Å². The maximum atomic E-state index is 11.3. The van der Waals surface area contributed by atoms with Crippen molar-refractivity contribution in [3.8, 4) is 12.3 Å². The van der Waals surface area contributed by atoms with E-state index in [0.717, 1.165) is 0 Å². The van der Waals surface area contributed by atoms with E-state index in [4.69, 9.17) is 18.0 Å². The third kappa shape index (κ3) is 2.60. The largest absolute Gasteiger partial charge is 0.344 e. The van der Waals surface area contributed by atoms with E-state index in [0.29, 0.717) is 5.03 Å². The molecule has 66 valence electrons. The van der Waals surface area contributed by atoms with Crippen LogP contribution in [0.5, 0.6) is 0 Å². The lowest BCUT2D eigenvalue weighted by Crippen LogP contribution is -2.37. The van der Waals surface area contributed by atoms with E-state index in [1.807, 2.05) is 0 Å². The number of carbonyl (C=O) groups is 1. The molecule has 0 heterocycles. The monoisotopic (exact) mass is 185 g/mol.